The first kappa shape index (κ1) is 12.0. The summed E-state index contributed by atoms with van der Waals surface area (Å²) in [5.41, 5.74) is 3.96. The molecule has 1 aromatic carbocycles. The van der Waals surface area contributed by atoms with Crippen molar-refractivity contribution in [2.45, 2.75) is 13.5 Å². The Hall–Kier alpha value is -2.07. The number of aromatic nitrogens is 3. The van der Waals surface area contributed by atoms with Gasteiger partial charge in [-0.2, -0.15) is 0 Å². The number of rotatable bonds is 3. The molecule has 0 saturated carbocycles. The zero-order valence-electron chi connectivity index (χ0n) is 10.4. The Morgan fingerprint density at radius 2 is 2.32 bits per heavy atom. The zero-order valence-corrected chi connectivity index (χ0v) is 11.2. The van der Waals surface area contributed by atoms with E-state index in [0.29, 0.717) is 11.6 Å². The van der Waals surface area contributed by atoms with Gasteiger partial charge < -0.3 is 10.3 Å². The molecule has 19 heavy (non-hydrogen) atoms. The van der Waals surface area contributed by atoms with Crippen LogP contribution in [0, 0.1) is 6.92 Å². The second-order valence-electron chi connectivity index (χ2n) is 4.38. The highest BCUT2D eigenvalue weighted by Gasteiger charge is 2.09. The summed E-state index contributed by atoms with van der Waals surface area (Å²) in [7, 11) is 0. The number of H-pyrrole nitrogens is 1. The molecule has 0 bridgehead atoms. The first-order valence-electron chi connectivity index (χ1n) is 6.00. The highest BCUT2D eigenvalue weighted by molar-refractivity contribution is 6.35. The summed E-state index contributed by atoms with van der Waals surface area (Å²) in [5.74, 6) is 0. The van der Waals surface area contributed by atoms with Gasteiger partial charge in [0, 0.05) is 17.8 Å². The van der Waals surface area contributed by atoms with E-state index in [0.717, 1.165) is 27.8 Å². The van der Waals surface area contributed by atoms with Crippen LogP contribution in [0.4, 0.5) is 5.69 Å². The Kier molecular flexibility index (Phi) is 3.09. The van der Waals surface area contributed by atoms with Crippen LogP contribution in [-0.2, 0) is 6.54 Å². The van der Waals surface area contributed by atoms with E-state index in [1.165, 1.54) is 0 Å². The standard InChI is InChI=1S/C14H13ClN4/c1-9-5-12(15)14(11-3-2-4-17-13(9)11)18-7-10-6-16-8-19-10/h2-6,8,18H,7H2,1H3,(H,16,19). The van der Waals surface area contributed by atoms with Crippen LogP contribution in [0.2, 0.25) is 5.02 Å². The molecule has 0 aliphatic heterocycles. The van der Waals surface area contributed by atoms with Crippen molar-refractivity contribution in [3.8, 4) is 0 Å². The van der Waals surface area contributed by atoms with Crippen molar-refractivity contribution in [2.24, 2.45) is 0 Å². The third-order valence-corrected chi connectivity index (χ3v) is 3.34. The van der Waals surface area contributed by atoms with E-state index >= 15 is 0 Å². The molecule has 5 heteroatoms. The molecule has 0 aliphatic rings. The number of pyridine rings is 1. The number of nitrogens with zero attached hydrogens (tertiary/aromatic N) is 2. The van der Waals surface area contributed by atoms with Gasteiger partial charge in [-0.3, -0.25) is 4.98 Å². The Labute approximate surface area is 115 Å². The number of hydrogen-bond acceptors (Lipinski definition) is 3. The molecule has 0 radical (unpaired) electrons. The molecule has 2 aromatic heterocycles. The monoisotopic (exact) mass is 272 g/mol. The van der Waals surface area contributed by atoms with Crippen LogP contribution in [0.5, 0.6) is 0 Å². The number of halogens is 1. The Bertz CT molecular complexity index is 707. The number of nitrogens with one attached hydrogen (secondary N) is 2. The lowest BCUT2D eigenvalue weighted by atomic mass is 10.1. The molecule has 96 valence electrons. The van der Waals surface area contributed by atoms with Gasteiger partial charge in [-0.05, 0) is 30.7 Å². The molecule has 0 fully saturated rings. The lowest BCUT2D eigenvalue weighted by Gasteiger charge is -2.12. The molecule has 0 atom stereocenters. The fourth-order valence-corrected chi connectivity index (χ4v) is 2.46. The van der Waals surface area contributed by atoms with Crippen LogP contribution < -0.4 is 5.32 Å². The molecule has 3 rings (SSSR count). The average molecular weight is 273 g/mol. The molecule has 3 aromatic rings. The Balaban J connectivity index is 2.02. The normalized spacial score (nSPS) is 10.8. The predicted molar refractivity (Wildman–Crippen MR) is 77.4 cm³/mol. The SMILES string of the molecule is Cc1cc(Cl)c(NCc2cnc[nH]2)c2cccnc12. The summed E-state index contributed by atoms with van der Waals surface area (Å²) in [6.07, 6.45) is 5.24. The number of anilines is 1. The summed E-state index contributed by atoms with van der Waals surface area (Å²) >= 11 is 6.33. The minimum atomic E-state index is 0.646. The molecular weight excluding hydrogens is 260 g/mol. The van der Waals surface area contributed by atoms with Crippen LogP contribution in [0.1, 0.15) is 11.3 Å². The third-order valence-electron chi connectivity index (χ3n) is 3.04. The fraction of sp³-hybridized carbons (Fsp3) is 0.143. The summed E-state index contributed by atoms with van der Waals surface area (Å²) in [6.45, 7) is 2.66. The van der Waals surface area contributed by atoms with E-state index in [1.807, 2.05) is 25.1 Å². The lowest BCUT2D eigenvalue weighted by Crippen LogP contribution is -2.02. The van der Waals surface area contributed by atoms with Crippen molar-refractivity contribution in [1.82, 2.24) is 15.0 Å². The van der Waals surface area contributed by atoms with E-state index in [2.05, 4.69) is 20.3 Å². The van der Waals surface area contributed by atoms with Gasteiger partial charge in [0.1, 0.15) is 0 Å². The van der Waals surface area contributed by atoms with Gasteiger partial charge in [-0.25, -0.2) is 4.98 Å². The molecule has 0 spiro atoms. The van der Waals surface area contributed by atoms with Gasteiger partial charge in [0.05, 0.1) is 34.8 Å². The quantitative estimate of drug-likeness (QED) is 0.767. The van der Waals surface area contributed by atoms with Crippen LogP contribution in [0.25, 0.3) is 10.9 Å². The van der Waals surface area contributed by atoms with E-state index in [-0.39, 0.29) is 0 Å². The van der Waals surface area contributed by atoms with Crippen molar-refractivity contribution in [3.05, 3.63) is 53.2 Å². The molecule has 0 unspecified atom stereocenters. The maximum Gasteiger partial charge on any atom is 0.0922 e. The van der Waals surface area contributed by atoms with Gasteiger partial charge >= 0.3 is 0 Å². The summed E-state index contributed by atoms with van der Waals surface area (Å²) in [5, 5.41) is 5.08. The van der Waals surface area contributed by atoms with Crippen LogP contribution in [0.15, 0.2) is 36.9 Å². The lowest BCUT2D eigenvalue weighted by molar-refractivity contribution is 1.08. The highest BCUT2D eigenvalue weighted by Crippen LogP contribution is 2.32. The van der Waals surface area contributed by atoms with Crippen LogP contribution in [-0.4, -0.2) is 15.0 Å². The average Bonchev–Trinajstić information content (AvgIpc) is 2.92. The molecule has 2 heterocycles. The minimum Gasteiger partial charge on any atom is -0.378 e. The molecule has 0 saturated heterocycles. The van der Waals surface area contributed by atoms with Gasteiger partial charge in [0.25, 0.3) is 0 Å². The molecule has 0 amide bonds. The van der Waals surface area contributed by atoms with Gasteiger partial charge in [0.15, 0.2) is 0 Å². The van der Waals surface area contributed by atoms with Crippen molar-refractivity contribution in [2.75, 3.05) is 5.32 Å². The van der Waals surface area contributed by atoms with Crippen molar-refractivity contribution in [3.63, 3.8) is 0 Å². The number of aryl methyl sites for hydroxylation is 1. The van der Waals surface area contributed by atoms with Gasteiger partial charge in [-0.15, -0.1) is 0 Å². The number of hydrogen-bond donors (Lipinski definition) is 2. The molecule has 0 aliphatic carbocycles. The van der Waals surface area contributed by atoms with Crippen LogP contribution in [0.3, 0.4) is 0 Å². The predicted octanol–water partition coefficient (Wildman–Crippen LogP) is 3.53. The first-order chi connectivity index (χ1) is 9.25. The number of benzene rings is 1. The van der Waals surface area contributed by atoms with Gasteiger partial charge in [0.2, 0.25) is 0 Å². The summed E-state index contributed by atoms with van der Waals surface area (Å²) in [4.78, 5) is 11.5. The second-order valence-corrected chi connectivity index (χ2v) is 4.79. The van der Waals surface area contributed by atoms with Gasteiger partial charge in [-0.1, -0.05) is 11.6 Å². The minimum absolute atomic E-state index is 0.646. The number of fused-ring (bicyclic) bond motifs is 1. The van der Waals surface area contributed by atoms with Crippen molar-refractivity contribution in [1.29, 1.82) is 0 Å². The smallest absolute Gasteiger partial charge is 0.0922 e. The Morgan fingerprint density at radius 3 is 3.11 bits per heavy atom. The molecular formula is C14H13ClN4. The molecule has 2 N–H and O–H groups in total. The van der Waals surface area contributed by atoms with Crippen molar-refractivity contribution >= 4 is 28.2 Å². The summed E-state index contributed by atoms with van der Waals surface area (Å²) in [6, 6.07) is 5.88. The number of aromatic amines is 1. The Morgan fingerprint density at radius 1 is 1.42 bits per heavy atom. The van der Waals surface area contributed by atoms with E-state index in [1.54, 1.807) is 18.7 Å². The first-order valence-corrected chi connectivity index (χ1v) is 6.38. The van der Waals surface area contributed by atoms with E-state index < -0.39 is 0 Å². The maximum absolute atomic E-state index is 6.33. The topological polar surface area (TPSA) is 53.6 Å². The number of imidazole rings is 1. The van der Waals surface area contributed by atoms with E-state index in [9.17, 15) is 0 Å². The molecule has 4 nitrogen and oxygen atoms in total. The second kappa shape index (κ2) is 4.90. The van der Waals surface area contributed by atoms with Crippen LogP contribution >= 0.6 is 11.6 Å². The zero-order chi connectivity index (χ0) is 13.2. The van der Waals surface area contributed by atoms with Crippen molar-refractivity contribution < 1.29 is 0 Å². The van der Waals surface area contributed by atoms with E-state index in [4.69, 9.17) is 11.6 Å². The maximum atomic E-state index is 6.33. The fourth-order valence-electron chi connectivity index (χ4n) is 2.13. The highest BCUT2D eigenvalue weighted by atomic mass is 35.5. The third kappa shape index (κ3) is 2.27. The summed E-state index contributed by atoms with van der Waals surface area (Å²) < 4.78 is 0. The largest absolute Gasteiger partial charge is 0.378 e.